The Morgan fingerprint density at radius 1 is 1.70 bits per heavy atom. The van der Waals surface area contributed by atoms with E-state index in [1.165, 1.54) is 11.4 Å². The summed E-state index contributed by atoms with van der Waals surface area (Å²) in [6.07, 6.45) is 3.67. The molecule has 52 valence electrons. The molecule has 0 saturated heterocycles. The Morgan fingerprint density at radius 3 is 3.40 bits per heavy atom. The molecular formula is C7H9N3. The third kappa shape index (κ3) is 0.635. The van der Waals surface area contributed by atoms with Crippen LogP contribution in [0.1, 0.15) is 0 Å². The van der Waals surface area contributed by atoms with E-state index in [4.69, 9.17) is 0 Å². The fraction of sp³-hybridized carbons (Fsp3) is 0.286. The van der Waals surface area contributed by atoms with Gasteiger partial charge in [0.1, 0.15) is 0 Å². The normalized spacial score (nSPS) is 14.7. The zero-order valence-corrected chi connectivity index (χ0v) is 5.83. The lowest BCUT2D eigenvalue weighted by molar-refractivity contribution is 1.03. The summed E-state index contributed by atoms with van der Waals surface area (Å²) in [5.41, 5.74) is 2.36. The number of rotatable bonds is 0. The van der Waals surface area contributed by atoms with Crippen molar-refractivity contribution in [1.29, 1.82) is 0 Å². The molecule has 1 aromatic heterocycles. The van der Waals surface area contributed by atoms with Gasteiger partial charge in [0.05, 0.1) is 24.2 Å². The third-order valence-electron chi connectivity index (χ3n) is 1.72. The van der Waals surface area contributed by atoms with Gasteiger partial charge >= 0.3 is 0 Å². The fourth-order valence-electron chi connectivity index (χ4n) is 1.13. The van der Waals surface area contributed by atoms with Crippen molar-refractivity contribution in [2.24, 2.45) is 0 Å². The Bertz CT molecular complexity index is 246. The van der Waals surface area contributed by atoms with Crippen molar-refractivity contribution < 1.29 is 0 Å². The molecule has 0 atom stereocenters. The largest absolute Gasteiger partial charge is 0.366 e. The van der Waals surface area contributed by atoms with Crippen molar-refractivity contribution >= 4 is 11.4 Å². The number of hydrogen-bond donors (Lipinski definition) is 1. The van der Waals surface area contributed by atoms with Crippen molar-refractivity contribution in [3.8, 4) is 0 Å². The maximum atomic E-state index is 4.03. The summed E-state index contributed by atoms with van der Waals surface area (Å²) in [5, 5.41) is 3.24. The standard InChI is InChI=1S/C7H9N3/c1-10-5-9-6-2-3-8-4-7(6)10/h2-4,9H,5H2,1H3. The quantitative estimate of drug-likeness (QED) is 0.573. The van der Waals surface area contributed by atoms with E-state index in [0.717, 1.165) is 6.67 Å². The van der Waals surface area contributed by atoms with E-state index in [1.54, 1.807) is 6.20 Å². The van der Waals surface area contributed by atoms with Gasteiger partial charge in [-0.2, -0.15) is 0 Å². The van der Waals surface area contributed by atoms with Crippen LogP contribution in [0.5, 0.6) is 0 Å². The fourth-order valence-corrected chi connectivity index (χ4v) is 1.13. The van der Waals surface area contributed by atoms with Gasteiger partial charge < -0.3 is 10.2 Å². The van der Waals surface area contributed by atoms with Crippen LogP contribution in [0.2, 0.25) is 0 Å². The third-order valence-corrected chi connectivity index (χ3v) is 1.72. The highest BCUT2D eigenvalue weighted by Crippen LogP contribution is 2.27. The average molecular weight is 135 g/mol. The highest BCUT2D eigenvalue weighted by atomic mass is 15.3. The summed E-state index contributed by atoms with van der Waals surface area (Å²) in [6.45, 7) is 0.890. The molecule has 1 aromatic rings. The second-order valence-electron chi connectivity index (χ2n) is 2.43. The van der Waals surface area contributed by atoms with Crippen LogP contribution >= 0.6 is 0 Å². The number of pyridine rings is 1. The Labute approximate surface area is 59.7 Å². The van der Waals surface area contributed by atoms with Crippen molar-refractivity contribution in [3.63, 3.8) is 0 Å². The Morgan fingerprint density at radius 2 is 2.60 bits per heavy atom. The second-order valence-corrected chi connectivity index (χ2v) is 2.43. The number of anilines is 2. The predicted octanol–water partition coefficient (Wildman–Crippen LogP) is 0.901. The molecule has 1 N–H and O–H groups in total. The molecule has 10 heavy (non-hydrogen) atoms. The van der Waals surface area contributed by atoms with E-state index < -0.39 is 0 Å². The first kappa shape index (κ1) is 5.53. The van der Waals surface area contributed by atoms with Crippen LogP contribution in [0.3, 0.4) is 0 Å². The van der Waals surface area contributed by atoms with Gasteiger partial charge in [-0.15, -0.1) is 0 Å². The topological polar surface area (TPSA) is 28.2 Å². The molecule has 3 nitrogen and oxygen atoms in total. The summed E-state index contributed by atoms with van der Waals surface area (Å²) in [4.78, 5) is 6.15. The lowest BCUT2D eigenvalue weighted by Gasteiger charge is -2.07. The van der Waals surface area contributed by atoms with E-state index in [0.29, 0.717) is 0 Å². The van der Waals surface area contributed by atoms with Crippen molar-refractivity contribution in [2.45, 2.75) is 0 Å². The molecule has 0 fully saturated rings. The minimum absolute atomic E-state index is 0.890. The van der Waals surface area contributed by atoms with Gasteiger partial charge in [0.15, 0.2) is 0 Å². The van der Waals surface area contributed by atoms with Gasteiger partial charge in [0, 0.05) is 13.2 Å². The summed E-state index contributed by atoms with van der Waals surface area (Å²) in [7, 11) is 2.04. The monoisotopic (exact) mass is 135 g/mol. The van der Waals surface area contributed by atoms with Gasteiger partial charge in [-0.25, -0.2) is 0 Å². The molecule has 0 spiro atoms. The molecule has 3 heteroatoms. The van der Waals surface area contributed by atoms with Crippen LogP contribution in [0, 0.1) is 0 Å². The smallest absolute Gasteiger partial charge is 0.0875 e. The molecule has 1 aliphatic heterocycles. The number of hydrogen-bond acceptors (Lipinski definition) is 3. The van der Waals surface area contributed by atoms with Crippen LogP contribution in [0.4, 0.5) is 11.4 Å². The summed E-state index contributed by atoms with van der Waals surface area (Å²) in [6, 6.07) is 1.98. The van der Waals surface area contributed by atoms with E-state index >= 15 is 0 Å². The van der Waals surface area contributed by atoms with Crippen LogP contribution in [0.15, 0.2) is 18.5 Å². The molecule has 0 aromatic carbocycles. The predicted molar refractivity (Wildman–Crippen MR) is 41.1 cm³/mol. The van der Waals surface area contributed by atoms with E-state index in [2.05, 4.69) is 15.2 Å². The zero-order valence-electron chi connectivity index (χ0n) is 5.83. The Hall–Kier alpha value is -1.25. The number of fused-ring (bicyclic) bond motifs is 1. The van der Waals surface area contributed by atoms with E-state index in [9.17, 15) is 0 Å². The average Bonchev–Trinajstić information content (AvgIpc) is 2.34. The lowest BCUT2D eigenvalue weighted by atomic mass is 10.3. The van der Waals surface area contributed by atoms with Gasteiger partial charge in [0.25, 0.3) is 0 Å². The zero-order chi connectivity index (χ0) is 6.97. The highest BCUT2D eigenvalue weighted by molar-refractivity contribution is 5.72. The Balaban J connectivity index is 2.51. The van der Waals surface area contributed by atoms with Gasteiger partial charge in [-0.1, -0.05) is 0 Å². The van der Waals surface area contributed by atoms with Gasteiger partial charge in [-0.3, -0.25) is 4.98 Å². The molecular weight excluding hydrogens is 126 g/mol. The summed E-state index contributed by atoms with van der Waals surface area (Å²) >= 11 is 0. The molecule has 2 heterocycles. The first-order chi connectivity index (χ1) is 4.88. The van der Waals surface area contributed by atoms with Crippen molar-refractivity contribution in [2.75, 3.05) is 23.9 Å². The van der Waals surface area contributed by atoms with Gasteiger partial charge in [-0.05, 0) is 6.07 Å². The maximum Gasteiger partial charge on any atom is 0.0875 e. The van der Waals surface area contributed by atoms with Crippen LogP contribution in [-0.4, -0.2) is 18.7 Å². The van der Waals surface area contributed by atoms with Crippen LogP contribution in [-0.2, 0) is 0 Å². The van der Waals surface area contributed by atoms with E-state index in [-0.39, 0.29) is 0 Å². The number of nitrogens with zero attached hydrogens (tertiary/aromatic N) is 2. The molecule has 0 unspecified atom stereocenters. The van der Waals surface area contributed by atoms with E-state index in [1.807, 2.05) is 19.3 Å². The highest BCUT2D eigenvalue weighted by Gasteiger charge is 2.12. The molecule has 2 rings (SSSR count). The first-order valence-electron chi connectivity index (χ1n) is 3.27. The summed E-state index contributed by atoms with van der Waals surface area (Å²) < 4.78 is 0. The molecule has 0 amide bonds. The van der Waals surface area contributed by atoms with Crippen molar-refractivity contribution in [1.82, 2.24) is 4.98 Å². The van der Waals surface area contributed by atoms with Crippen LogP contribution < -0.4 is 10.2 Å². The first-order valence-corrected chi connectivity index (χ1v) is 3.27. The van der Waals surface area contributed by atoms with Gasteiger partial charge in [0.2, 0.25) is 0 Å². The lowest BCUT2D eigenvalue weighted by Crippen LogP contribution is -2.15. The summed E-state index contributed by atoms with van der Waals surface area (Å²) in [5.74, 6) is 0. The second kappa shape index (κ2) is 1.87. The molecule has 1 aliphatic rings. The van der Waals surface area contributed by atoms with Crippen LogP contribution in [0.25, 0.3) is 0 Å². The maximum absolute atomic E-state index is 4.03. The SMILES string of the molecule is CN1CNc2ccncc21. The molecule has 0 aliphatic carbocycles. The Kier molecular flexibility index (Phi) is 1.03. The molecule has 0 radical (unpaired) electrons. The minimum atomic E-state index is 0.890. The molecule has 0 bridgehead atoms. The molecule has 0 saturated carbocycles. The number of aromatic nitrogens is 1. The van der Waals surface area contributed by atoms with Crippen molar-refractivity contribution in [3.05, 3.63) is 18.5 Å². The number of nitrogens with one attached hydrogen (secondary N) is 1. The minimum Gasteiger partial charge on any atom is -0.366 e.